The second-order valence-electron chi connectivity index (χ2n) is 4.74. The second kappa shape index (κ2) is 5.83. The van der Waals surface area contributed by atoms with Crippen molar-refractivity contribution in [3.8, 4) is 11.5 Å². The zero-order valence-electron chi connectivity index (χ0n) is 11.7. The van der Waals surface area contributed by atoms with E-state index in [9.17, 15) is 9.90 Å². The average molecular weight is 275 g/mol. The molecule has 0 saturated carbocycles. The van der Waals surface area contributed by atoms with E-state index in [2.05, 4.69) is 10.2 Å². The third-order valence-corrected chi connectivity index (χ3v) is 2.77. The maximum absolute atomic E-state index is 12.2. The van der Waals surface area contributed by atoms with Crippen molar-refractivity contribution in [2.45, 2.75) is 20.0 Å². The molecule has 6 heteroatoms. The van der Waals surface area contributed by atoms with E-state index in [-0.39, 0.29) is 12.5 Å². The molecule has 2 rings (SSSR count). The number of carbonyl (C=O) groups excluding carboxylic acids is 1. The number of aryl methyl sites for hydroxylation is 1. The molecule has 0 fully saturated rings. The smallest absolute Gasteiger partial charge is 0.253 e. The van der Waals surface area contributed by atoms with Crippen molar-refractivity contribution in [2.75, 3.05) is 13.6 Å². The fourth-order valence-corrected chi connectivity index (χ4v) is 1.90. The van der Waals surface area contributed by atoms with Gasteiger partial charge in [-0.05, 0) is 25.1 Å². The van der Waals surface area contributed by atoms with Crippen molar-refractivity contribution in [3.05, 3.63) is 35.7 Å². The van der Waals surface area contributed by atoms with E-state index in [1.54, 1.807) is 45.2 Å². The van der Waals surface area contributed by atoms with Gasteiger partial charge in [-0.1, -0.05) is 6.07 Å². The first-order valence-corrected chi connectivity index (χ1v) is 6.31. The highest BCUT2D eigenvalue weighted by Gasteiger charge is 2.15. The van der Waals surface area contributed by atoms with Crippen molar-refractivity contribution in [1.29, 1.82) is 0 Å². The SMILES string of the molecule is Cc1nnc(-c2cccc(C(=O)N(C)C[C@@H](C)O)c2)o1. The Balaban J connectivity index is 2.23. The summed E-state index contributed by atoms with van der Waals surface area (Å²) >= 11 is 0. The molecule has 0 aliphatic carbocycles. The molecule has 0 spiro atoms. The van der Waals surface area contributed by atoms with Gasteiger partial charge in [-0.15, -0.1) is 10.2 Å². The first-order chi connectivity index (χ1) is 9.47. The van der Waals surface area contributed by atoms with Gasteiger partial charge >= 0.3 is 0 Å². The summed E-state index contributed by atoms with van der Waals surface area (Å²) in [4.78, 5) is 13.7. The summed E-state index contributed by atoms with van der Waals surface area (Å²) in [6.07, 6.45) is -0.564. The molecule has 0 unspecified atom stereocenters. The highest BCUT2D eigenvalue weighted by atomic mass is 16.4. The van der Waals surface area contributed by atoms with Gasteiger partial charge in [0.05, 0.1) is 6.10 Å². The van der Waals surface area contributed by atoms with Crippen LogP contribution in [0.2, 0.25) is 0 Å². The van der Waals surface area contributed by atoms with Crippen molar-refractivity contribution in [2.24, 2.45) is 0 Å². The number of benzene rings is 1. The number of amides is 1. The lowest BCUT2D eigenvalue weighted by atomic mass is 10.1. The van der Waals surface area contributed by atoms with Crippen LogP contribution in [-0.2, 0) is 0 Å². The van der Waals surface area contributed by atoms with Crippen LogP contribution in [0.1, 0.15) is 23.2 Å². The number of aliphatic hydroxyl groups is 1. The first-order valence-electron chi connectivity index (χ1n) is 6.31. The van der Waals surface area contributed by atoms with E-state index in [0.29, 0.717) is 22.9 Å². The fourth-order valence-electron chi connectivity index (χ4n) is 1.90. The molecule has 1 heterocycles. The largest absolute Gasteiger partial charge is 0.421 e. The number of nitrogens with zero attached hydrogens (tertiary/aromatic N) is 3. The Hall–Kier alpha value is -2.21. The van der Waals surface area contributed by atoms with Crippen LogP contribution in [0.5, 0.6) is 0 Å². The number of rotatable bonds is 4. The lowest BCUT2D eigenvalue weighted by Crippen LogP contribution is -2.33. The van der Waals surface area contributed by atoms with Gasteiger partial charge in [0.1, 0.15) is 0 Å². The van der Waals surface area contributed by atoms with Crippen LogP contribution in [0.3, 0.4) is 0 Å². The average Bonchev–Trinajstić information content (AvgIpc) is 2.84. The molecule has 2 aromatic rings. The normalized spacial score (nSPS) is 12.2. The highest BCUT2D eigenvalue weighted by Crippen LogP contribution is 2.19. The maximum atomic E-state index is 12.2. The van der Waals surface area contributed by atoms with Gasteiger partial charge in [0, 0.05) is 31.6 Å². The summed E-state index contributed by atoms with van der Waals surface area (Å²) < 4.78 is 5.34. The summed E-state index contributed by atoms with van der Waals surface area (Å²) in [5.41, 5.74) is 1.21. The molecule has 20 heavy (non-hydrogen) atoms. The number of aromatic nitrogens is 2. The minimum atomic E-state index is -0.564. The summed E-state index contributed by atoms with van der Waals surface area (Å²) in [5, 5.41) is 17.0. The molecule has 0 bridgehead atoms. The Morgan fingerprint density at radius 3 is 2.80 bits per heavy atom. The molecule has 0 saturated heterocycles. The highest BCUT2D eigenvalue weighted by molar-refractivity contribution is 5.95. The van der Waals surface area contributed by atoms with Gasteiger partial charge in [0.2, 0.25) is 11.8 Å². The molecule has 6 nitrogen and oxygen atoms in total. The maximum Gasteiger partial charge on any atom is 0.253 e. The molecule has 1 amide bonds. The molecule has 0 aliphatic heterocycles. The third kappa shape index (κ3) is 3.21. The molecule has 106 valence electrons. The van der Waals surface area contributed by atoms with Crippen LogP contribution in [0.4, 0.5) is 0 Å². The number of hydrogen-bond donors (Lipinski definition) is 1. The second-order valence-corrected chi connectivity index (χ2v) is 4.74. The van der Waals surface area contributed by atoms with E-state index < -0.39 is 6.10 Å². The minimum Gasteiger partial charge on any atom is -0.421 e. The lowest BCUT2D eigenvalue weighted by molar-refractivity contribution is 0.0704. The Bertz CT molecular complexity index is 607. The van der Waals surface area contributed by atoms with Gasteiger partial charge < -0.3 is 14.4 Å². The van der Waals surface area contributed by atoms with E-state index in [1.165, 1.54) is 4.90 Å². The Kier molecular flexibility index (Phi) is 4.14. The van der Waals surface area contributed by atoms with Crippen LogP contribution in [0, 0.1) is 6.92 Å². The number of carbonyl (C=O) groups is 1. The standard InChI is InChI=1S/C14H17N3O3/c1-9(18)8-17(3)14(19)12-6-4-5-11(7-12)13-16-15-10(2)20-13/h4-7,9,18H,8H2,1-3H3/t9-/m1/s1. The fraction of sp³-hybridized carbons (Fsp3) is 0.357. The van der Waals surface area contributed by atoms with E-state index in [1.807, 2.05) is 0 Å². The van der Waals surface area contributed by atoms with E-state index in [4.69, 9.17) is 4.42 Å². The third-order valence-electron chi connectivity index (χ3n) is 2.77. The van der Waals surface area contributed by atoms with E-state index in [0.717, 1.165) is 0 Å². The zero-order valence-corrected chi connectivity index (χ0v) is 11.7. The first kappa shape index (κ1) is 14.2. The van der Waals surface area contributed by atoms with E-state index >= 15 is 0 Å². The number of likely N-dealkylation sites (N-methyl/N-ethyl adjacent to an activating group) is 1. The predicted molar refractivity (Wildman–Crippen MR) is 73.1 cm³/mol. The van der Waals surface area contributed by atoms with Gasteiger partial charge in [-0.25, -0.2) is 0 Å². The summed E-state index contributed by atoms with van der Waals surface area (Å²) in [5.74, 6) is 0.697. The van der Waals surface area contributed by atoms with Crippen molar-refractivity contribution in [3.63, 3.8) is 0 Å². The molecule has 0 radical (unpaired) electrons. The molecule has 0 aliphatic rings. The predicted octanol–water partition coefficient (Wildman–Crippen LogP) is 1.50. The molecule has 1 aromatic carbocycles. The van der Waals surface area contributed by atoms with Crippen LogP contribution in [0.25, 0.3) is 11.5 Å². The lowest BCUT2D eigenvalue weighted by Gasteiger charge is -2.18. The van der Waals surface area contributed by atoms with Crippen molar-refractivity contribution < 1.29 is 14.3 Å². The summed E-state index contributed by atoms with van der Waals surface area (Å²) in [7, 11) is 1.65. The van der Waals surface area contributed by atoms with Gasteiger partial charge in [0.25, 0.3) is 5.91 Å². The quantitative estimate of drug-likeness (QED) is 0.914. The molecule has 1 N–H and O–H groups in total. The van der Waals surface area contributed by atoms with Crippen LogP contribution in [0.15, 0.2) is 28.7 Å². The van der Waals surface area contributed by atoms with Gasteiger partial charge in [-0.3, -0.25) is 4.79 Å². The molecule has 1 atom stereocenters. The number of aliphatic hydroxyl groups excluding tert-OH is 1. The molecular formula is C14H17N3O3. The molecular weight excluding hydrogens is 258 g/mol. The number of hydrogen-bond acceptors (Lipinski definition) is 5. The van der Waals surface area contributed by atoms with Crippen LogP contribution < -0.4 is 0 Å². The summed E-state index contributed by atoms with van der Waals surface area (Å²) in [6, 6.07) is 6.98. The minimum absolute atomic E-state index is 0.163. The van der Waals surface area contributed by atoms with Crippen LogP contribution in [-0.4, -0.2) is 45.8 Å². The monoisotopic (exact) mass is 275 g/mol. The van der Waals surface area contributed by atoms with Crippen molar-refractivity contribution >= 4 is 5.91 Å². The zero-order chi connectivity index (χ0) is 14.7. The van der Waals surface area contributed by atoms with Crippen LogP contribution >= 0.6 is 0 Å². The Labute approximate surface area is 117 Å². The Morgan fingerprint density at radius 2 is 2.20 bits per heavy atom. The van der Waals surface area contributed by atoms with Crippen molar-refractivity contribution in [1.82, 2.24) is 15.1 Å². The topological polar surface area (TPSA) is 79.5 Å². The van der Waals surface area contributed by atoms with Gasteiger partial charge in [0.15, 0.2) is 0 Å². The molecule has 1 aromatic heterocycles. The Morgan fingerprint density at radius 1 is 1.45 bits per heavy atom. The van der Waals surface area contributed by atoms with Gasteiger partial charge in [-0.2, -0.15) is 0 Å². The summed E-state index contributed by atoms with van der Waals surface area (Å²) in [6.45, 7) is 3.63.